The van der Waals surface area contributed by atoms with Crippen LogP contribution >= 0.6 is 0 Å². The average molecular weight is 452 g/mol. The molecule has 0 saturated carbocycles. The van der Waals surface area contributed by atoms with Crippen molar-refractivity contribution in [3.63, 3.8) is 0 Å². The number of anilines is 2. The van der Waals surface area contributed by atoms with Crippen molar-refractivity contribution in [2.75, 3.05) is 25.1 Å². The Bertz CT molecular complexity index is 1430. The molecule has 0 bridgehead atoms. The van der Waals surface area contributed by atoms with E-state index in [1.54, 1.807) is 18.5 Å². The third-order valence-electron chi connectivity index (χ3n) is 5.20. The lowest BCUT2D eigenvalue weighted by atomic mass is 10.1. The van der Waals surface area contributed by atoms with E-state index in [1.807, 2.05) is 52.2 Å². The molecular weight excluding hydrogens is 426 g/mol. The van der Waals surface area contributed by atoms with Crippen molar-refractivity contribution in [2.45, 2.75) is 20.4 Å². The molecule has 0 fully saturated rings. The zero-order valence-electron chi connectivity index (χ0n) is 19.5. The number of carbonyl (C=O) groups excluding carboxylic acids is 1. The molecule has 0 saturated heterocycles. The highest BCUT2D eigenvalue weighted by molar-refractivity contribution is 6.04. The van der Waals surface area contributed by atoms with Gasteiger partial charge in [-0.05, 0) is 51.7 Å². The first kappa shape index (κ1) is 22.8. The Morgan fingerprint density at radius 3 is 2.50 bits per heavy atom. The molecule has 4 aromatic rings. The number of nitrogen functional groups attached to an aromatic ring is 1. The van der Waals surface area contributed by atoms with Gasteiger partial charge in [0.05, 0.1) is 28.7 Å². The van der Waals surface area contributed by atoms with E-state index >= 15 is 0 Å². The quantitative estimate of drug-likeness (QED) is 0.458. The molecule has 170 valence electrons. The number of carbonyl (C=O) groups is 1. The van der Waals surface area contributed by atoms with Crippen LogP contribution in [0.5, 0.6) is 0 Å². The highest BCUT2D eigenvalue weighted by atomic mass is 16.1. The molecule has 8 nitrogen and oxygen atoms in total. The molecule has 3 heterocycles. The minimum Gasteiger partial charge on any atom is -0.383 e. The molecule has 8 heteroatoms. The Balaban J connectivity index is 1.57. The van der Waals surface area contributed by atoms with E-state index in [4.69, 9.17) is 5.73 Å². The van der Waals surface area contributed by atoms with Crippen molar-refractivity contribution >= 4 is 28.4 Å². The summed E-state index contributed by atoms with van der Waals surface area (Å²) in [5, 5.41) is 2.90. The van der Waals surface area contributed by atoms with Crippen LogP contribution in [0.1, 0.15) is 38.4 Å². The molecular formula is C26H25N7O. The normalized spacial score (nSPS) is 10.7. The van der Waals surface area contributed by atoms with Gasteiger partial charge in [-0.3, -0.25) is 9.78 Å². The Morgan fingerprint density at radius 1 is 1.03 bits per heavy atom. The van der Waals surface area contributed by atoms with Crippen LogP contribution in [0.15, 0.2) is 48.9 Å². The third kappa shape index (κ3) is 5.17. The van der Waals surface area contributed by atoms with E-state index < -0.39 is 0 Å². The zero-order valence-corrected chi connectivity index (χ0v) is 19.5. The van der Waals surface area contributed by atoms with E-state index in [9.17, 15) is 4.79 Å². The second kappa shape index (κ2) is 9.65. The standard InChI is InChI=1S/C26H25N7O/c1-16-17(2)31-24-22(25(27)29-14-23(24)30-16)10-7-19-11-20(13-28-12-19)26(34)32-21-8-5-18(6-9-21)15-33(3)4/h5-6,8-9,11-14H,15H2,1-4H3,(H2,27,29)(H,32,34). The van der Waals surface area contributed by atoms with Gasteiger partial charge in [0.2, 0.25) is 0 Å². The fraction of sp³-hybridized carbons (Fsp3) is 0.192. The van der Waals surface area contributed by atoms with E-state index in [-0.39, 0.29) is 11.7 Å². The topological polar surface area (TPSA) is 110 Å². The summed E-state index contributed by atoms with van der Waals surface area (Å²) in [6, 6.07) is 9.43. The maximum Gasteiger partial charge on any atom is 0.257 e. The molecule has 0 aliphatic rings. The summed E-state index contributed by atoms with van der Waals surface area (Å²) < 4.78 is 0. The highest BCUT2D eigenvalue weighted by Crippen LogP contribution is 2.20. The monoisotopic (exact) mass is 451 g/mol. The molecule has 0 aliphatic heterocycles. The van der Waals surface area contributed by atoms with Crippen LogP contribution < -0.4 is 11.1 Å². The van der Waals surface area contributed by atoms with Crippen molar-refractivity contribution in [3.05, 3.63) is 82.6 Å². The molecule has 0 spiro atoms. The number of benzene rings is 1. The molecule has 4 rings (SSSR count). The van der Waals surface area contributed by atoms with Crippen molar-refractivity contribution in [1.82, 2.24) is 24.8 Å². The Hall–Kier alpha value is -4.35. The van der Waals surface area contributed by atoms with Crippen LogP contribution in [0.25, 0.3) is 11.0 Å². The maximum atomic E-state index is 12.7. The molecule has 0 radical (unpaired) electrons. The molecule has 3 N–H and O–H groups in total. The van der Waals surface area contributed by atoms with Gasteiger partial charge in [-0.2, -0.15) is 0 Å². The van der Waals surface area contributed by atoms with Crippen LogP contribution in [-0.4, -0.2) is 44.8 Å². The first-order valence-electron chi connectivity index (χ1n) is 10.7. The van der Waals surface area contributed by atoms with Crippen LogP contribution in [0.4, 0.5) is 11.5 Å². The molecule has 0 aliphatic carbocycles. The summed E-state index contributed by atoms with van der Waals surface area (Å²) >= 11 is 0. The van der Waals surface area contributed by atoms with Crippen molar-refractivity contribution in [3.8, 4) is 11.8 Å². The predicted molar refractivity (Wildman–Crippen MR) is 133 cm³/mol. The minimum atomic E-state index is -0.264. The summed E-state index contributed by atoms with van der Waals surface area (Å²) in [4.78, 5) is 32.3. The third-order valence-corrected chi connectivity index (χ3v) is 5.20. The number of amides is 1. The van der Waals surface area contributed by atoms with Crippen molar-refractivity contribution in [1.29, 1.82) is 0 Å². The van der Waals surface area contributed by atoms with Gasteiger partial charge in [-0.15, -0.1) is 0 Å². The molecule has 34 heavy (non-hydrogen) atoms. The first-order chi connectivity index (χ1) is 16.3. The second-order valence-corrected chi connectivity index (χ2v) is 8.25. The number of rotatable bonds is 4. The number of hydrogen-bond donors (Lipinski definition) is 2. The molecule has 1 amide bonds. The number of aromatic nitrogens is 4. The van der Waals surface area contributed by atoms with Crippen molar-refractivity contribution < 1.29 is 4.79 Å². The van der Waals surface area contributed by atoms with Gasteiger partial charge in [0, 0.05) is 30.2 Å². The Morgan fingerprint density at radius 2 is 1.76 bits per heavy atom. The van der Waals surface area contributed by atoms with Gasteiger partial charge in [0.15, 0.2) is 0 Å². The van der Waals surface area contributed by atoms with E-state index in [0.717, 1.165) is 17.9 Å². The largest absolute Gasteiger partial charge is 0.383 e. The molecule has 0 atom stereocenters. The number of nitrogens with one attached hydrogen (secondary N) is 1. The lowest BCUT2D eigenvalue weighted by molar-refractivity contribution is 0.102. The minimum absolute atomic E-state index is 0.264. The van der Waals surface area contributed by atoms with Crippen LogP contribution in [0.3, 0.4) is 0 Å². The first-order valence-corrected chi connectivity index (χ1v) is 10.7. The number of pyridine rings is 2. The Kier molecular flexibility index (Phi) is 6.48. The number of nitrogens with two attached hydrogens (primary N) is 1. The van der Waals surface area contributed by atoms with Crippen LogP contribution in [0.2, 0.25) is 0 Å². The SMILES string of the molecule is Cc1nc2cnc(N)c(C#Cc3cncc(C(=O)Nc4ccc(CN(C)C)cc4)c3)c2nc1C. The van der Waals surface area contributed by atoms with Gasteiger partial charge in [-0.1, -0.05) is 24.0 Å². The van der Waals surface area contributed by atoms with Gasteiger partial charge < -0.3 is 16.0 Å². The Labute approximate surface area is 198 Å². The van der Waals surface area contributed by atoms with Crippen LogP contribution in [-0.2, 0) is 6.54 Å². The lowest BCUT2D eigenvalue weighted by Gasteiger charge is -2.10. The average Bonchev–Trinajstić information content (AvgIpc) is 2.81. The van der Waals surface area contributed by atoms with Gasteiger partial charge in [0.25, 0.3) is 5.91 Å². The van der Waals surface area contributed by atoms with Crippen molar-refractivity contribution in [2.24, 2.45) is 0 Å². The summed E-state index contributed by atoms with van der Waals surface area (Å²) in [5.41, 5.74) is 12.3. The van der Waals surface area contributed by atoms with E-state index in [2.05, 4.69) is 42.0 Å². The number of hydrogen-bond acceptors (Lipinski definition) is 7. The fourth-order valence-corrected chi connectivity index (χ4v) is 3.36. The second-order valence-electron chi connectivity index (χ2n) is 8.25. The highest BCUT2D eigenvalue weighted by Gasteiger charge is 2.10. The number of nitrogens with zero attached hydrogens (tertiary/aromatic N) is 5. The smallest absolute Gasteiger partial charge is 0.257 e. The van der Waals surface area contributed by atoms with Gasteiger partial charge >= 0.3 is 0 Å². The summed E-state index contributed by atoms with van der Waals surface area (Å²) in [6.45, 7) is 4.61. The number of fused-ring (bicyclic) bond motifs is 1. The fourth-order valence-electron chi connectivity index (χ4n) is 3.36. The zero-order chi connectivity index (χ0) is 24.2. The summed E-state index contributed by atoms with van der Waals surface area (Å²) in [7, 11) is 4.03. The molecule has 3 aromatic heterocycles. The molecule has 1 aromatic carbocycles. The van der Waals surface area contributed by atoms with Gasteiger partial charge in [0.1, 0.15) is 16.9 Å². The van der Waals surface area contributed by atoms with E-state index in [0.29, 0.717) is 33.4 Å². The predicted octanol–water partition coefficient (Wildman–Crippen LogP) is 3.33. The summed E-state index contributed by atoms with van der Waals surface area (Å²) in [6.07, 6.45) is 4.69. The number of aryl methyl sites for hydroxylation is 2. The maximum absolute atomic E-state index is 12.7. The molecule has 0 unspecified atom stereocenters. The van der Waals surface area contributed by atoms with E-state index in [1.165, 1.54) is 11.8 Å². The van der Waals surface area contributed by atoms with Crippen LogP contribution in [0, 0.1) is 25.7 Å². The van der Waals surface area contributed by atoms with Gasteiger partial charge in [-0.25, -0.2) is 15.0 Å². The summed E-state index contributed by atoms with van der Waals surface area (Å²) in [5.74, 6) is 6.08. The lowest BCUT2D eigenvalue weighted by Crippen LogP contribution is -2.13.